The lowest BCUT2D eigenvalue weighted by Gasteiger charge is -1.99. The summed E-state index contributed by atoms with van der Waals surface area (Å²) in [5.74, 6) is 0.318. The highest BCUT2D eigenvalue weighted by atomic mass is 16.1. The molecule has 0 heterocycles. The Morgan fingerprint density at radius 1 is 1.15 bits per heavy atom. The van der Waals surface area contributed by atoms with Crippen LogP contribution in [0.15, 0.2) is 18.2 Å². The first kappa shape index (κ1) is 9.97. The lowest BCUT2D eigenvalue weighted by Crippen LogP contribution is -1.94. The molecular weight excluding hydrogens is 160 g/mol. The van der Waals surface area contributed by atoms with Gasteiger partial charge in [-0.05, 0) is 24.5 Å². The van der Waals surface area contributed by atoms with E-state index >= 15 is 0 Å². The molecule has 1 nitrogen and oxygen atoms in total. The quantitative estimate of drug-likeness (QED) is 0.593. The van der Waals surface area contributed by atoms with E-state index in [1.54, 1.807) is 0 Å². The van der Waals surface area contributed by atoms with E-state index in [0.717, 1.165) is 17.5 Å². The Bertz CT molecular complexity index is 313. The van der Waals surface area contributed by atoms with Crippen molar-refractivity contribution in [2.45, 2.75) is 33.6 Å². The van der Waals surface area contributed by atoms with Gasteiger partial charge in [-0.2, -0.15) is 0 Å². The number of rotatable bonds is 0. The highest BCUT2D eigenvalue weighted by molar-refractivity contribution is 6.01. The molecule has 0 unspecified atom stereocenters. The molecule has 0 N–H and O–H groups in total. The molecule has 0 saturated heterocycles. The SMILES string of the molecule is CC.Cc1cccc2c1C(=O)CC2. The fourth-order valence-corrected chi connectivity index (χ4v) is 1.71. The molecule has 0 atom stereocenters. The molecule has 0 fully saturated rings. The van der Waals surface area contributed by atoms with Crippen molar-refractivity contribution in [3.63, 3.8) is 0 Å². The molecule has 1 aromatic rings. The third-order valence-corrected chi connectivity index (χ3v) is 2.26. The van der Waals surface area contributed by atoms with Gasteiger partial charge in [0, 0.05) is 12.0 Å². The van der Waals surface area contributed by atoms with E-state index in [0.29, 0.717) is 12.2 Å². The van der Waals surface area contributed by atoms with Crippen LogP contribution in [0.4, 0.5) is 0 Å². The van der Waals surface area contributed by atoms with Gasteiger partial charge in [-0.1, -0.05) is 32.0 Å². The molecule has 0 spiro atoms. The van der Waals surface area contributed by atoms with Crippen LogP contribution in [0.5, 0.6) is 0 Å². The molecule has 70 valence electrons. The Morgan fingerprint density at radius 2 is 1.85 bits per heavy atom. The molecule has 0 bridgehead atoms. The molecule has 1 aliphatic rings. The maximum atomic E-state index is 11.3. The van der Waals surface area contributed by atoms with E-state index in [1.807, 2.05) is 39.0 Å². The summed E-state index contributed by atoms with van der Waals surface area (Å²) in [5.41, 5.74) is 3.34. The van der Waals surface area contributed by atoms with Crippen molar-refractivity contribution in [2.75, 3.05) is 0 Å². The average molecular weight is 176 g/mol. The van der Waals surface area contributed by atoms with Gasteiger partial charge in [0.2, 0.25) is 0 Å². The number of hydrogen-bond donors (Lipinski definition) is 0. The predicted molar refractivity (Wildman–Crippen MR) is 55.2 cm³/mol. The van der Waals surface area contributed by atoms with Crippen LogP contribution in [0.25, 0.3) is 0 Å². The van der Waals surface area contributed by atoms with Gasteiger partial charge in [0.1, 0.15) is 0 Å². The van der Waals surface area contributed by atoms with Crippen molar-refractivity contribution in [3.05, 3.63) is 34.9 Å². The maximum Gasteiger partial charge on any atom is 0.163 e. The van der Waals surface area contributed by atoms with Gasteiger partial charge in [-0.3, -0.25) is 4.79 Å². The summed E-state index contributed by atoms with van der Waals surface area (Å²) in [5, 5.41) is 0. The highest BCUT2D eigenvalue weighted by Crippen LogP contribution is 2.24. The van der Waals surface area contributed by atoms with Gasteiger partial charge in [-0.15, -0.1) is 0 Å². The van der Waals surface area contributed by atoms with Crippen molar-refractivity contribution in [1.82, 2.24) is 0 Å². The second kappa shape index (κ2) is 4.22. The van der Waals surface area contributed by atoms with Gasteiger partial charge in [0.15, 0.2) is 5.78 Å². The van der Waals surface area contributed by atoms with Gasteiger partial charge in [-0.25, -0.2) is 0 Å². The van der Waals surface area contributed by atoms with Crippen LogP contribution in [0.1, 0.15) is 41.8 Å². The first-order valence-electron chi connectivity index (χ1n) is 4.91. The normalized spacial score (nSPS) is 13.3. The predicted octanol–water partition coefficient (Wildman–Crippen LogP) is 3.15. The Morgan fingerprint density at radius 3 is 2.46 bits per heavy atom. The Hall–Kier alpha value is -1.11. The zero-order chi connectivity index (χ0) is 9.84. The molecule has 0 aliphatic heterocycles. The first-order chi connectivity index (χ1) is 6.29. The minimum atomic E-state index is 0.318. The van der Waals surface area contributed by atoms with E-state index in [4.69, 9.17) is 0 Å². The standard InChI is InChI=1S/C10H10O.C2H6/c1-7-3-2-4-8-5-6-9(11)10(7)8;1-2/h2-4H,5-6H2,1H3;1-2H3. The lowest BCUT2D eigenvalue weighted by molar-refractivity contribution is 0.0994. The molecule has 0 saturated carbocycles. The van der Waals surface area contributed by atoms with E-state index < -0.39 is 0 Å². The van der Waals surface area contributed by atoms with Crippen molar-refractivity contribution in [1.29, 1.82) is 0 Å². The summed E-state index contributed by atoms with van der Waals surface area (Å²) >= 11 is 0. The van der Waals surface area contributed by atoms with Crippen LogP contribution in [-0.2, 0) is 6.42 Å². The van der Waals surface area contributed by atoms with Gasteiger partial charge >= 0.3 is 0 Å². The van der Waals surface area contributed by atoms with Crippen LogP contribution in [-0.4, -0.2) is 5.78 Å². The Kier molecular flexibility index (Phi) is 3.24. The Balaban J connectivity index is 0.000000396. The third-order valence-electron chi connectivity index (χ3n) is 2.26. The molecule has 13 heavy (non-hydrogen) atoms. The summed E-state index contributed by atoms with van der Waals surface area (Å²) in [6, 6.07) is 6.07. The monoisotopic (exact) mass is 176 g/mol. The number of aryl methyl sites for hydroxylation is 2. The van der Waals surface area contributed by atoms with Crippen molar-refractivity contribution >= 4 is 5.78 Å². The summed E-state index contributed by atoms with van der Waals surface area (Å²) in [6.45, 7) is 6.00. The van der Waals surface area contributed by atoms with Gasteiger partial charge in [0.25, 0.3) is 0 Å². The van der Waals surface area contributed by atoms with E-state index in [1.165, 1.54) is 5.56 Å². The zero-order valence-corrected chi connectivity index (χ0v) is 8.55. The summed E-state index contributed by atoms with van der Waals surface area (Å²) in [6.07, 6.45) is 1.65. The molecule has 0 aromatic heterocycles. The fraction of sp³-hybridized carbons (Fsp3) is 0.417. The van der Waals surface area contributed by atoms with E-state index in [2.05, 4.69) is 0 Å². The van der Waals surface area contributed by atoms with Crippen molar-refractivity contribution in [3.8, 4) is 0 Å². The molecule has 1 aromatic carbocycles. The van der Waals surface area contributed by atoms with Crippen LogP contribution in [0, 0.1) is 6.92 Å². The first-order valence-corrected chi connectivity index (χ1v) is 4.91. The van der Waals surface area contributed by atoms with Crippen LogP contribution in [0.3, 0.4) is 0 Å². The Labute approximate surface area is 79.8 Å². The van der Waals surface area contributed by atoms with Crippen molar-refractivity contribution in [2.24, 2.45) is 0 Å². The number of ketones is 1. The number of fused-ring (bicyclic) bond motifs is 1. The lowest BCUT2D eigenvalue weighted by atomic mass is 10.0. The topological polar surface area (TPSA) is 17.1 Å². The second-order valence-corrected chi connectivity index (χ2v) is 3.03. The maximum absolute atomic E-state index is 11.3. The van der Waals surface area contributed by atoms with Crippen molar-refractivity contribution < 1.29 is 4.79 Å². The number of Topliss-reactive ketones (excluding diaryl/α,β-unsaturated/α-hetero) is 1. The largest absolute Gasteiger partial charge is 0.294 e. The number of carbonyl (C=O) groups is 1. The summed E-state index contributed by atoms with van der Waals surface area (Å²) in [4.78, 5) is 11.3. The molecule has 1 heteroatoms. The number of carbonyl (C=O) groups excluding carboxylic acids is 1. The number of benzene rings is 1. The zero-order valence-electron chi connectivity index (χ0n) is 8.55. The average Bonchev–Trinajstić information content (AvgIpc) is 2.53. The minimum Gasteiger partial charge on any atom is -0.294 e. The smallest absolute Gasteiger partial charge is 0.163 e. The third kappa shape index (κ3) is 1.80. The van der Waals surface area contributed by atoms with Gasteiger partial charge in [0.05, 0.1) is 0 Å². The molecular formula is C12H16O. The molecule has 2 rings (SSSR count). The second-order valence-electron chi connectivity index (χ2n) is 3.03. The molecule has 0 radical (unpaired) electrons. The number of hydrogen-bond acceptors (Lipinski definition) is 1. The van der Waals surface area contributed by atoms with E-state index in [-0.39, 0.29) is 0 Å². The van der Waals surface area contributed by atoms with Crippen LogP contribution < -0.4 is 0 Å². The highest BCUT2D eigenvalue weighted by Gasteiger charge is 2.20. The molecule has 0 amide bonds. The molecule has 1 aliphatic carbocycles. The van der Waals surface area contributed by atoms with E-state index in [9.17, 15) is 4.79 Å². The summed E-state index contributed by atoms with van der Waals surface area (Å²) < 4.78 is 0. The summed E-state index contributed by atoms with van der Waals surface area (Å²) in [7, 11) is 0. The fourth-order valence-electron chi connectivity index (χ4n) is 1.71. The van der Waals surface area contributed by atoms with Crippen LogP contribution in [0.2, 0.25) is 0 Å². The minimum absolute atomic E-state index is 0.318. The van der Waals surface area contributed by atoms with Gasteiger partial charge < -0.3 is 0 Å². The van der Waals surface area contributed by atoms with Crippen LogP contribution >= 0.6 is 0 Å².